The molecule has 31 heavy (non-hydrogen) atoms. The summed E-state index contributed by atoms with van der Waals surface area (Å²) < 4.78 is 11.7. The highest BCUT2D eigenvalue weighted by atomic mass is 35.5. The molecule has 0 amide bonds. The molecule has 0 fully saturated rings. The molecule has 8 nitrogen and oxygen atoms in total. The number of rotatable bonds is 6. The van der Waals surface area contributed by atoms with Crippen LogP contribution in [0.15, 0.2) is 69.7 Å². The third-order valence-corrected chi connectivity index (χ3v) is 4.94. The van der Waals surface area contributed by atoms with Crippen molar-refractivity contribution >= 4 is 35.0 Å². The number of carbonyl (C=O) groups is 1. The number of hydrogen-bond donors (Lipinski definition) is 0. The molecular weight excluding hydrogens is 424 g/mol. The monoisotopic (exact) mass is 438 g/mol. The van der Waals surface area contributed by atoms with Gasteiger partial charge in [0.15, 0.2) is 0 Å². The van der Waals surface area contributed by atoms with Crippen molar-refractivity contribution in [2.45, 2.75) is 13.5 Å². The van der Waals surface area contributed by atoms with Gasteiger partial charge in [0.25, 0.3) is 5.69 Å². The van der Waals surface area contributed by atoms with Crippen LogP contribution in [0.1, 0.15) is 18.2 Å². The third kappa shape index (κ3) is 4.34. The summed E-state index contributed by atoms with van der Waals surface area (Å²) >= 11 is 6.18. The number of halogens is 1. The molecule has 9 heteroatoms. The molecule has 0 atom stereocenters. The van der Waals surface area contributed by atoms with Crippen LogP contribution in [0.3, 0.4) is 0 Å². The zero-order valence-electron chi connectivity index (χ0n) is 16.2. The molecule has 0 saturated heterocycles. The molecule has 0 saturated carbocycles. The van der Waals surface area contributed by atoms with Gasteiger partial charge in [-0.15, -0.1) is 0 Å². The van der Waals surface area contributed by atoms with Crippen LogP contribution in [0, 0.1) is 10.1 Å². The van der Waals surface area contributed by atoms with Gasteiger partial charge in [-0.2, -0.15) is 0 Å². The van der Waals surface area contributed by atoms with E-state index in [2.05, 4.69) is 9.99 Å². The second kappa shape index (κ2) is 8.45. The quantitative estimate of drug-likeness (QED) is 0.221. The third-order valence-electron chi connectivity index (χ3n) is 4.57. The van der Waals surface area contributed by atoms with E-state index in [1.165, 1.54) is 24.3 Å². The molecule has 1 aromatic heterocycles. The van der Waals surface area contributed by atoms with Crippen LogP contribution < -0.4 is 4.74 Å². The maximum Gasteiger partial charge on any atom is 0.367 e. The first-order valence-electron chi connectivity index (χ1n) is 9.15. The summed E-state index contributed by atoms with van der Waals surface area (Å²) in [6, 6.07) is 14.7. The summed E-state index contributed by atoms with van der Waals surface area (Å²) in [5, 5.41) is 15.4. The lowest BCUT2D eigenvalue weighted by Crippen LogP contribution is -2.01. The van der Waals surface area contributed by atoms with E-state index in [1.807, 2.05) is 18.2 Å². The zero-order valence-corrected chi connectivity index (χ0v) is 17.0. The molecule has 156 valence electrons. The number of nitrogens with zero attached hydrogens (tertiary/aromatic N) is 2. The van der Waals surface area contributed by atoms with E-state index in [4.69, 9.17) is 20.8 Å². The minimum absolute atomic E-state index is 0.112. The van der Waals surface area contributed by atoms with Crippen molar-refractivity contribution in [3.8, 4) is 17.1 Å². The van der Waals surface area contributed by atoms with E-state index in [0.29, 0.717) is 33.6 Å². The minimum atomic E-state index is -0.574. The van der Waals surface area contributed by atoms with Crippen molar-refractivity contribution in [2.24, 2.45) is 5.16 Å². The molecule has 1 aliphatic rings. The fourth-order valence-electron chi connectivity index (χ4n) is 2.96. The summed E-state index contributed by atoms with van der Waals surface area (Å²) in [7, 11) is 0. The summed E-state index contributed by atoms with van der Waals surface area (Å²) in [5.41, 5.74) is 1.76. The first-order valence-corrected chi connectivity index (χ1v) is 9.53. The van der Waals surface area contributed by atoms with Gasteiger partial charge in [-0.3, -0.25) is 10.1 Å². The van der Waals surface area contributed by atoms with Crippen molar-refractivity contribution in [1.82, 2.24) is 0 Å². The number of non-ortho nitro benzene ring substituents is 1. The number of benzene rings is 2. The van der Waals surface area contributed by atoms with Crippen LogP contribution in [0.25, 0.3) is 17.4 Å². The van der Waals surface area contributed by atoms with Gasteiger partial charge >= 0.3 is 5.97 Å². The molecule has 0 spiro atoms. The second-order valence-corrected chi connectivity index (χ2v) is 7.04. The molecule has 0 bridgehead atoms. The molecule has 1 aliphatic heterocycles. The Labute approximate surface area is 181 Å². The number of nitro benzene ring substituents is 1. The van der Waals surface area contributed by atoms with Gasteiger partial charge in [-0.05, 0) is 37.3 Å². The molecule has 0 N–H and O–H groups in total. The van der Waals surface area contributed by atoms with Gasteiger partial charge in [-0.1, -0.05) is 35.0 Å². The van der Waals surface area contributed by atoms with E-state index in [0.717, 1.165) is 5.56 Å². The van der Waals surface area contributed by atoms with Gasteiger partial charge in [-0.25, -0.2) is 4.79 Å². The van der Waals surface area contributed by atoms with Crippen LogP contribution in [-0.2, 0) is 16.2 Å². The lowest BCUT2D eigenvalue weighted by molar-refractivity contribution is -0.384. The van der Waals surface area contributed by atoms with Gasteiger partial charge in [0, 0.05) is 22.7 Å². The Morgan fingerprint density at radius 1 is 1.19 bits per heavy atom. The molecule has 0 unspecified atom stereocenters. The van der Waals surface area contributed by atoms with Crippen molar-refractivity contribution in [2.75, 3.05) is 0 Å². The number of furan rings is 1. The van der Waals surface area contributed by atoms with Crippen LogP contribution in [0.2, 0.25) is 5.02 Å². The lowest BCUT2D eigenvalue weighted by atomic mass is 10.1. The Morgan fingerprint density at radius 3 is 2.71 bits per heavy atom. The lowest BCUT2D eigenvalue weighted by Gasteiger charge is -2.11. The van der Waals surface area contributed by atoms with Gasteiger partial charge < -0.3 is 14.0 Å². The van der Waals surface area contributed by atoms with Crippen molar-refractivity contribution in [3.05, 3.63) is 86.6 Å². The van der Waals surface area contributed by atoms with E-state index >= 15 is 0 Å². The first kappa shape index (κ1) is 20.4. The fraction of sp³-hybridized carbons (Fsp3) is 0.0909. The van der Waals surface area contributed by atoms with Crippen LogP contribution in [-0.4, -0.2) is 16.6 Å². The van der Waals surface area contributed by atoms with Crippen LogP contribution in [0.4, 0.5) is 5.69 Å². The van der Waals surface area contributed by atoms with Crippen molar-refractivity contribution in [3.63, 3.8) is 0 Å². The summed E-state index contributed by atoms with van der Waals surface area (Å²) in [5.74, 6) is 0.513. The Balaban J connectivity index is 1.67. The summed E-state index contributed by atoms with van der Waals surface area (Å²) in [6.45, 7) is 1.81. The Morgan fingerprint density at radius 2 is 2.00 bits per heavy atom. The molecular formula is C22H15ClN2O6. The zero-order chi connectivity index (χ0) is 22.0. The van der Waals surface area contributed by atoms with Crippen LogP contribution in [0.5, 0.6) is 5.75 Å². The van der Waals surface area contributed by atoms with E-state index in [1.54, 1.807) is 25.1 Å². The first-order chi connectivity index (χ1) is 14.9. The molecule has 2 aromatic carbocycles. The number of oxime groups is 1. The largest absolute Gasteiger partial charge is 0.488 e. The van der Waals surface area contributed by atoms with Gasteiger partial charge in [0.1, 0.15) is 23.9 Å². The highest BCUT2D eigenvalue weighted by molar-refractivity contribution is 6.31. The topological polar surface area (TPSA) is 104 Å². The average Bonchev–Trinajstić information content (AvgIpc) is 3.35. The Kier molecular flexibility index (Phi) is 5.55. The van der Waals surface area contributed by atoms with Gasteiger partial charge in [0.05, 0.1) is 21.8 Å². The molecule has 4 rings (SSSR count). The highest BCUT2D eigenvalue weighted by Crippen LogP contribution is 2.36. The standard InChI is InChI=1S/C22H15ClN2O6/c1-13-17(22(26)31-24-13)11-16-7-9-21(30-16)18-10-15(25(27)28)6-8-20(18)29-12-14-4-2-3-5-19(14)23/h2-11H,12H2,1H3/b17-11-. The highest BCUT2D eigenvalue weighted by Gasteiger charge is 2.23. The number of carbonyl (C=O) groups excluding carboxylic acids is 1. The maximum atomic E-state index is 11.7. The second-order valence-electron chi connectivity index (χ2n) is 6.63. The minimum Gasteiger partial charge on any atom is -0.488 e. The molecule has 3 aromatic rings. The maximum absolute atomic E-state index is 11.7. The number of hydrogen-bond acceptors (Lipinski definition) is 7. The van der Waals surface area contributed by atoms with E-state index in [9.17, 15) is 14.9 Å². The molecule has 0 aliphatic carbocycles. The molecule has 0 radical (unpaired) electrons. The van der Waals surface area contributed by atoms with Crippen molar-refractivity contribution < 1.29 is 23.7 Å². The van der Waals surface area contributed by atoms with E-state index < -0.39 is 10.9 Å². The average molecular weight is 439 g/mol. The fourth-order valence-corrected chi connectivity index (χ4v) is 3.15. The van der Waals surface area contributed by atoms with Crippen LogP contribution >= 0.6 is 11.6 Å². The smallest absolute Gasteiger partial charge is 0.367 e. The number of nitro groups is 1. The van der Waals surface area contributed by atoms with Gasteiger partial charge in [0.2, 0.25) is 0 Å². The predicted molar refractivity (Wildman–Crippen MR) is 114 cm³/mol. The summed E-state index contributed by atoms with van der Waals surface area (Å²) in [6.07, 6.45) is 1.50. The van der Waals surface area contributed by atoms with E-state index in [-0.39, 0.29) is 17.9 Å². The molecule has 2 heterocycles. The Hall–Kier alpha value is -3.91. The SMILES string of the molecule is CC1=NOC(=O)/C1=C\c1ccc(-c2cc([N+](=O)[O-])ccc2OCc2ccccc2Cl)o1. The summed E-state index contributed by atoms with van der Waals surface area (Å²) in [4.78, 5) is 27.1. The van der Waals surface area contributed by atoms with Crippen molar-refractivity contribution in [1.29, 1.82) is 0 Å². The number of ether oxygens (including phenoxy) is 1. The Bertz CT molecular complexity index is 1240. The normalized spacial score (nSPS) is 14.5. The predicted octanol–water partition coefficient (Wildman–Crippen LogP) is 5.40.